The standard InChI is InChI=1S/C25H28O7/c1-28-19-11-7-8-12-20(19)32-23(15-26)24(27)18-13-21(29-2)25(22(14-18)30-3)31-16-17-9-5-4-6-10-17/h4-14,23-24,26-27H,15-16H2,1-3H3/t23-,24+/m1/s1. The highest BCUT2D eigenvalue weighted by Gasteiger charge is 2.26. The lowest BCUT2D eigenvalue weighted by atomic mass is 10.0. The molecule has 7 heteroatoms. The first-order chi connectivity index (χ1) is 15.6. The first kappa shape index (κ1) is 23.2. The predicted molar refractivity (Wildman–Crippen MR) is 120 cm³/mol. The topological polar surface area (TPSA) is 86.6 Å². The summed E-state index contributed by atoms with van der Waals surface area (Å²) in [6.07, 6.45) is -2.12. The van der Waals surface area contributed by atoms with Crippen molar-refractivity contribution >= 4 is 0 Å². The number of benzene rings is 3. The van der Waals surface area contributed by atoms with Crippen LogP contribution in [0.2, 0.25) is 0 Å². The van der Waals surface area contributed by atoms with E-state index < -0.39 is 18.8 Å². The van der Waals surface area contributed by atoms with E-state index in [9.17, 15) is 10.2 Å². The zero-order valence-corrected chi connectivity index (χ0v) is 18.4. The number of rotatable bonds is 11. The van der Waals surface area contributed by atoms with E-state index in [0.29, 0.717) is 40.9 Å². The van der Waals surface area contributed by atoms with Crippen molar-refractivity contribution in [1.82, 2.24) is 0 Å². The molecule has 0 spiro atoms. The van der Waals surface area contributed by atoms with Gasteiger partial charge in [-0.3, -0.25) is 0 Å². The molecule has 170 valence electrons. The van der Waals surface area contributed by atoms with Gasteiger partial charge in [0.05, 0.1) is 27.9 Å². The molecule has 3 aromatic carbocycles. The molecule has 32 heavy (non-hydrogen) atoms. The third kappa shape index (κ3) is 5.43. The molecule has 0 aliphatic carbocycles. The highest BCUT2D eigenvalue weighted by atomic mass is 16.5. The molecular formula is C25H28O7. The maximum absolute atomic E-state index is 11.0. The van der Waals surface area contributed by atoms with E-state index in [1.165, 1.54) is 21.3 Å². The van der Waals surface area contributed by atoms with Gasteiger partial charge in [0.15, 0.2) is 29.1 Å². The van der Waals surface area contributed by atoms with Crippen LogP contribution in [0.15, 0.2) is 66.7 Å². The monoisotopic (exact) mass is 440 g/mol. The van der Waals surface area contributed by atoms with Crippen molar-refractivity contribution in [1.29, 1.82) is 0 Å². The van der Waals surface area contributed by atoms with Crippen molar-refractivity contribution in [2.45, 2.75) is 18.8 Å². The average molecular weight is 440 g/mol. The minimum atomic E-state index is -1.17. The van der Waals surface area contributed by atoms with Crippen LogP contribution in [0.25, 0.3) is 0 Å². The van der Waals surface area contributed by atoms with Crippen LogP contribution >= 0.6 is 0 Å². The van der Waals surface area contributed by atoms with E-state index in [4.69, 9.17) is 23.7 Å². The van der Waals surface area contributed by atoms with Gasteiger partial charge in [0, 0.05) is 0 Å². The molecule has 2 N–H and O–H groups in total. The van der Waals surface area contributed by atoms with Crippen LogP contribution in [0.1, 0.15) is 17.2 Å². The Kier molecular flexibility index (Phi) is 8.19. The van der Waals surface area contributed by atoms with Crippen molar-refractivity contribution in [3.8, 4) is 28.7 Å². The maximum Gasteiger partial charge on any atom is 0.203 e. The molecule has 0 fully saturated rings. The van der Waals surface area contributed by atoms with Gasteiger partial charge in [-0.05, 0) is 35.4 Å². The summed E-state index contributed by atoms with van der Waals surface area (Å²) in [5.74, 6) is 2.11. The Morgan fingerprint density at radius 2 is 1.31 bits per heavy atom. The van der Waals surface area contributed by atoms with Crippen molar-refractivity contribution in [3.63, 3.8) is 0 Å². The molecule has 0 unspecified atom stereocenters. The first-order valence-electron chi connectivity index (χ1n) is 10.1. The van der Waals surface area contributed by atoms with Gasteiger partial charge < -0.3 is 33.9 Å². The van der Waals surface area contributed by atoms with Crippen molar-refractivity contribution in [2.24, 2.45) is 0 Å². The highest BCUT2D eigenvalue weighted by molar-refractivity contribution is 5.54. The lowest BCUT2D eigenvalue weighted by Crippen LogP contribution is -2.29. The van der Waals surface area contributed by atoms with Crippen molar-refractivity contribution in [3.05, 3.63) is 77.9 Å². The third-order valence-corrected chi connectivity index (χ3v) is 4.93. The molecule has 3 rings (SSSR count). The van der Waals surface area contributed by atoms with Gasteiger partial charge in [-0.15, -0.1) is 0 Å². The number of methoxy groups -OCH3 is 3. The summed E-state index contributed by atoms with van der Waals surface area (Å²) in [5.41, 5.74) is 1.44. The van der Waals surface area contributed by atoms with E-state index in [0.717, 1.165) is 5.56 Å². The van der Waals surface area contributed by atoms with E-state index in [2.05, 4.69) is 0 Å². The quantitative estimate of drug-likeness (QED) is 0.469. The number of aliphatic hydroxyl groups excluding tert-OH is 2. The predicted octanol–water partition coefficient (Wildman–Crippen LogP) is 3.76. The maximum atomic E-state index is 11.0. The number of para-hydroxylation sites is 2. The summed E-state index contributed by atoms with van der Waals surface area (Å²) in [4.78, 5) is 0. The number of hydrogen-bond donors (Lipinski definition) is 2. The number of aliphatic hydroxyl groups is 2. The van der Waals surface area contributed by atoms with E-state index >= 15 is 0 Å². The van der Waals surface area contributed by atoms with Gasteiger partial charge in [0.1, 0.15) is 12.7 Å². The van der Waals surface area contributed by atoms with Crippen molar-refractivity contribution in [2.75, 3.05) is 27.9 Å². The fourth-order valence-electron chi connectivity index (χ4n) is 3.24. The second-order valence-electron chi connectivity index (χ2n) is 6.96. The number of hydrogen-bond acceptors (Lipinski definition) is 7. The van der Waals surface area contributed by atoms with E-state index in [1.807, 2.05) is 30.3 Å². The Morgan fingerprint density at radius 3 is 1.88 bits per heavy atom. The van der Waals surface area contributed by atoms with Gasteiger partial charge in [-0.1, -0.05) is 42.5 Å². The fourth-order valence-corrected chi connectivity index (χ4v) is 3.24. The van der Waals surface area contributed by atoms with Crippen LogP contribution in [-0.2, 0) is 6.61 Å². The van der Waals surface area contributed by atoms with Crippen molar-refractivity contribution < 1.29 is 33.9 Å². The van der Waals surface area contributed by atoms with Gasteiger partial charge >= 0.3 is 0 Å². The van der Waals surface area contributed by atoms with Crippen LogP contribution in [0.3, 0.4) is 0 Å². The second kappa shape index (κ2) is 11.3. The Balaban J connectivity index is 1.85. The third-order valence-electron chi connectivity index (χ3n) is 4.93. The van der Waals surface area contributed by atoms with Gasteiger partial charge in [0.2, 0.25) is 5.75 Å². The molecular weight excluding hydrogens is 412 g/mol. The molecule has 0 amide bonds. The van der Waals surface area contributed by atoms with E-state index in [-0.39, 0.29) is 0 Å². The molecule has 0 saturated heterocycles. The molecule has 0 radical (unpaired) electrons. The highest BCUT2D eigenvalue weighted by Crippen LogP contribution is 2.41. The van der Waals surface area contributed by atoms with Crippen LogP contribution in [0.5, 0.6) is 28.7 Å². The molecule has 3 aromatic rings. The summed E-state index contributed by atoms with van der Waals surface area (Å²) in [6, 6.07) is 20.0. The number of ether oxygens (including phenoxy) is 5. The first-order valence-corrected chi connectivity index (χ1v) is 10.1. The molecule has 7 nitrogen and oxygen atoms in total. The molecule has 0 bridgehead atoms. The summed E-state index contributed by atoms with van der Waals surface area (Å²) in [7, 11) is 4.54. The lowest BCUT2D eigenvalue weighted by molar-refractivity contribution is -0.000624. The smallest absolute Gasteiger partial charge is 0.203 e. The fraction of sp³-hybridized carbons (Fsp3) is 0.280. The lowest BCUT2D eigenvalue weighted by Gasteiger charge is -2.25. The zero-order chi connectivity index (χ0) is 22.9. The zero-order valence-electron chi connectivity index (χ0n) is 18.4. The largest absolute Gasteiger partial charge is 0.493 e. The summed E-state index contributed by atoms with van der Waals surface area (Å²) < 4.78 is 28.1. The van der Waals surface area contributed by atoms with Crippen LogP contribution in [0.4, 0.5) is 0 Å². The minimum absolute atomic E-state index is 0.325. The minimum Gasteiger partial charge on any atom is -0.493 e. The van der Waals surface area contributed by atoms with Gasteiger partial charge in [0.25, 0.3) is 0 Å². The van der Waals surface area contributed by atoms with E-state index in [1.54, 1.807) is 36.4 Å². The Hall–Kier alpha value is -3.42. The normalized spacial score (nSPS) is 12.5. The average Bonchev–Trinajstić information content (AvgIpc) is 2.85. The SMILES string of the molecule is COc1ccccc1O[C@H](CO)[C@@H](O)c1cc(OC)c(OCc2ccccc2)c(OC)c1. The summed E-state index contributed by atoms with van der Waals surface area (Å²) in [6.45, 7) is -0.0955. The Labute approximate surface area is 187 Å². The van der Waals surface area contributed by atoms with Crippen LogP contribution in [-0.4, -0.2) is 44.3 Å². The van der Waals surface area contributed by atoms with Crippen LogP contribution < -0.4 is 23.7 Å². The molecule has 0 aromatic heterocycles. The van der Waals surface area contributed by atoms with Gasteiger partial charge in [-0.25, -0.2) is 0 Å². The molecule has 2 atom stereocenters. The summed E-state index contributed by atoms with van der Waals surface area (Å²) in [5, 5.41) is 20.9. The van der Waals surface area contributed by atoms with Crippen LogP contribution in [0, 0.1) is 0 Å². The molecule has 0 saturated carbocycles. The molecule has 0 heterocycles. The molecule has 0 aliphatic rings. The molecule has 0 aliphatic heterocycles. The summed E-state index contributed by atoms with van der Waals surface area (Å²) >= 11 is 0. The second-order valence-corrected chi connectivity index (χ2v) is 6.96. The Morgan fingerprint density at radius 1 is 0.750 bits per heavy atom. The Bertz CT molecular complexity index is 966. The van der Waals surface area contributed by atoms with Gasteiger partial charge in [-0.2, -0.15) is 0 Å².